The molecule has 1 aliphatic carbocycles. The molecule has 0 bridgehead atoms. The number of fused-ring (bicyclic) bond motifs is 2. The summed E-state index contributed by atoms with van der Waals surface area (Å²) >= 11 is 0. The number of pyridine rings is 2. The van der Waals surface area contributed by atoms with Gasteiger partial charge in [0.05, 0.1) is 30.3 Å². The maximum Gasteiger partial charge on any atom is 0.410 e. The van der Waals surface area contributed by atoms with Gasteiger partial charge < -0.3 is 19.1 Å². The Morgan fingerprint density at radius 1 is 1.08 bits per heavy atom. The fraction of sp³-hybridized carbons (Fsp3) is 0.447. The molecule has 3 aromatic heterocycles. The lowest BCUT2D eigenvalue weighted by molar-refractivity contribution is 0.0270. The minimum absolute atomic E-state index is 0.121. The molecule has 0 fully saturated rings. The molecule has 10 nitrogen and oxygen atoms in total. The van der Waals surface area contributed by atoms with Gasteiger partial charge >= 0.3 is 6.09 Å². The average molecular weight is 679 g/mol. The van der Waals surface area contributed by atoms with E-state index in [0.717, 1.165) is 69.1 Å². The van der Waals surface area contributed by atoms with Gasteiger partial charge in [0.1, 0.15) is 35.0 Å². The fourth-order valence-corrected chi connectivity index (χ4v) is 7.23. The Labute approximate surface area is 289 Å². The van der Waals surface area contributed by atoms with Crippen molar-refractivity contribution in [2.45, 2.75) is 84.0 Å². The highest BCUT2D eigenvalue weighted by atomic mass is 28.3. The summed E-state index contributed by atoms with van der Waals surface area (Å²) in [7, 11) is 0.384. The Balaban J connectivity index is 1.44. The van der Waals surface area contributed by atoms with Crippen molar-refractivity contribution in [2.75, 3.05) is 26.8 Å². The zero-order valence-electron chi connectivity index (χ0n) is 29.7. The number of nitriles is 1. The van der Waals surface area contributed by atoms with Crippen molar-refractivity contribution >= 4 is 30.8 Å². The van der Waals surface area contributed by atoms with Gasteiger partial charge in [-0.3, -0.25) is 4.98 Å². The third-order valence-corrected chi connectivity index (χ3v) is 10.7. The number of hydrogen-bond donors (Lipinski definition) is 0. The molecule has 0 saturated heterocycles. The molecule has 0 N–H and O–H groups in total. The zero-order valence-corrected chi connectivity index (χ0v) is 30.7. The van der Waals surface area contributed by atoms with Crippen LogP contribution in [0.25, 0.3) is 39.1 Å². The van der Waals surface area contributed by atoms with Gasteiger partial charge in [-0.05, 0) is 74.9 Å². The summed E-state index contributed by atoms with van der Waals surface area (Å²) in [6.45, 7) is 14.5. The molecule has 2 aliphatic rings. The Bertz CT molecular complexity index is 1950. The van der Waals surface area contributed by atoms with Gasteiger partial charge in [0.2, 0.25) is 0 Å². The van der Waals surface area contributed by atoms with Crippen molar-refractivity contribution in [1.82, 2.24) is 24.6 Å². The number of carbonyl (C=O) groups excluding carboxylic acids is 1. The van der Waals surface area contributed by atoms with Crippen molar-refractivity contribution in [3.63, 3.8) is 0 Å². The second-order valence-electron chi connectivity index (χ2n) is 15.0. The van der Waals surface area contributed by atoms with Crippen molar-refractivity contribution in [2.24, 2.45) is 0 Å². The van der Waals surface area contributed by atoms with Crippen molar-refractivity contribution in [3.8, 4) is 34.3 Å². The maximum absolute atomic E-state index is 12.8. The van der Waals surface area contributed by atoms with Gasteiger partial charge in [-0.1, -0.05) is 43.9 Å². The van der Waals surface area contributed by atoms with Crippen LogP contribution in [0.4, 0.5) is 4.79 Å². The summed E-state index contributed by atoms with van der Waals surface area (Å²) in [4.78, 5) is 24.6. The lowest BCUT2D eigenvalue weighted by Gasteiger charge is -2.29. The van der Waals surface area contributed by atoms with E-state index in [0.29, 0.717) is 37.6 Å². The first-order valence-electron chi connectivity index (χ1n) is 17.0. The van der Waals surface area contributed by atoms with Crippen LogP contribution in [0.3, 0.4) is 0 Å². The number of hydrogen-bond acceptors (Lipinski definition) is 8. The van der Waals surface area contributed by atoms with E-state index in [1.54, 1.807) is 18.2 Å². The number of carbonyl (C=O) groups is 1. The summed E-state index contributed by atoms with van der Waals surface area (Å²) in [5, 5.41) is 14.9. The predicted octanol–water partition coefficient (Wildman–Crippen LogP) is 8.06. The third-order valence-electron chi connectivity index (χ3n) is 9.03. The van der Waals surface area contributed by atoms with Crippen molar-refractivity contribution in [3.05, 3.63) is 65.5 Å². The topological polar surface area (TPSA) is 115 Å². The molecule has 256 valence electrons. The molecule has 11 heteroatoms. The molecule has 1 atom stereocenters. The largest absolute Gasteiger partial charge is 0.494 e. The lowest BCUT2D eigenvalue weighted by atomic mass is 9.96. The van der Waals surface area contributed by atoms with Crippen molar-refractivity contribution in [1.29, 1.82) is 5.26 Å². The molecule has 0 spiro atoms. The van der Waals surface area contributed by atoms with Crippen LogP contribution in [0.5, 0.6) is 5.75 Å². The molecule has 0 radical (unpaired) electrons. The molecule has 0 saturated carbocycles. The number of aromatic nitrogens is 4. The summed E-state index contributed by atoms with van der Waals surface area (Å²) in [6.07, 6.45) is 5.76. The minimum Gasteiger partial charge on any atom is -0.494 e. The molecule has 49 heavy (non-hydrogen) atoms. The van der Waals surface area contributed by atoms with Gasteiger partial charge in [0.25, 0.3) is 0 Å². The molecule has 1 aliphatic heterocycles. The highest BCUT2D eigenvalue weighted by Gasteiger charge is 2.29. The molecule has 1 amide bonds. The Kier molecular flexibility index (Phi) is 9.64. The van der Waals surface area contributed by atoms with Crippen LogP contribution in [-0.2, 0) is 22.6 Å². The fourth-order valence-electron chi connectivity index (χ4n) is 6.47. The van der Waals surface area contributed by atoms with E-state index >= 15 is 0 Å². The van der Waals surface area contributed by atoms with Crippen molar-refractivity contribution < 1.29 is 19.0 Å². The molecular weight excluding hydrogens is 633 g/mol. The van der Waals surface area contributed by atoms with Crippen LogP contribution in [-0.4, -0.2) is 71.2 Å². The van der Waals surface area contributed by atoms with Crippen LogP contribution >= 0.6 is 0 Å². The molecule has 4 aromatic rings. The van der Waals surface area contributed by atoms with Crippen LogP contribution < -0.4 is 4.74 Å². The van der Waals surface area contributed by atoms with Gasteiger partial charge in [-0.2, -0.15) is 10.4 Å². The smallest absolute Gasteiger partial charge is 0.410 e. The molecule has 6 rings (SSSR count). The molecule has 4 heterocycles. The minimum atomic E-state index is -1.28. The van der Waals surface area contributed by atoms with E-state index in [2.05, 4.69) is 43.9 Å². The van der Waals surface area contributed by atoms with Gasteiger partial charge in [0, 0.05) is 51.2 Å². The average Bonchev–Trinajstić information content (AvgIpc) is 3.66. The van der Waals surface area contributed by atoms with Crippen LogP contribution in [0.15, 0.2) is 48.7 Å². The van der Waals surface area contributed by atoms with Crippen LogP contribution in [0.1, 0.15) is 56.4 Å². The monoisotopic (exact) mass is 678 g/mol. The van der Waals surface area contributed by atoms with E-state index in [-0.39, 0.29) is 18.7 Å². The SMILES string of the molecule is COc1cc2c(nc1-c1cccc3c1CCC3C#N)c(-c1cccnc1C1=CCN(C(=O)OC(C)(C)C)CC1)nn2COCC[Si](C)(C)C. The van der Waals surface area contributed by atoms with E-state index in [1.807, 2.05) is 49.7 Å². The van der Waals surface area contributed by atoms with Crippen LogP contribution in [0.2, 0.25) is 25.7 Å². The number of methoxy groups -OCH3 is 1. The van der Waals surface area contributed by atoms with Gasteiger partial charge in [-0.15, -0.1) is 0 Å². The summed E-state index contributed by atoms with van der Waals surface area (Å²) in [6, 6.07) is 15.6. The second-order valence-corrected chi connectivity index (χ2v) is 20.6. The molecule has 1 unspecified atom stereocenters. The highest BCUT2D eigenvalue weighted by molar-refractivity contribution is 6.76. The first kappa shape index (κ1) is 34.3. The number of rotatable bonds is 9. The maximum atomic E-state index is 12.8. The predicted molar refractivity (Wildman–Crippen MR) is 194 cm³/mol. The zero-order chi connectivity index (χ0) is 34.9. The van der Waals surface area contributed by atoms with E-state index < -0.39 is 13.7 Å². The number of ether oxygens (including phenoxy) is 3. The number of nitrogens with zero attached hydrogens (tertiary/aromatic N) is 6. The number of amides is 1. The Hall–Kier alpha value is -4.53. The second kappa shape index (κ2) is 13.8. The van der Waals surface area contributed by atoms with E-state index in [4.69, 9.17) is 29.3 Å². The quantitative estimate of drug-likeness (QED) is 0.129. The Morgan fingerprint density at radius 2 is 1.88 bits per heavy atom. The number of benzene rings is 1. The summed E-state index contributed by atoms with van der Waals surface area (Å²) in [5.74, 6) is 0.518. The summed E-state index contributed by atoms with van der Waals surface area (Å²) < 4.78 is 19.7. The Morgan fingerprint density at radius 3 is 2.57 bits per heavy atom. The standard InChI is InChI=1S/C38H46N6O4Si/c1-38(2,3)48-37(45)43-18-15-25(16-19-43)33-30(12-9-17-40-33)35-36-31(44(42-35)24-47-20-21-49(5,6)7)22-32(46-4)34(41-36)29-11-8-10-27-26(23-39)13-14-28(27)29/h8-12,15,17,22,26H,13-14,16,18-21,24H2,1-7H3. The normalized spacial score (nSPS) is 16.3. The van der Waals surface area contributed by atoms with Crippen LogP contribution in [0, 0.1) is 11.3 Å². The highest BCUT2D eigenvalue weighted by Crippen LogP contribution is 2.43. The van der Waals surface area contributed by atoms with E-state index in [1.165, 1.54) is 0 Å². The first-order valence-corrected chi connectivity index (χ1v) is 20.8. The lowest BCUT2D eigenvalue weighted by Crippen LogP contribution is -2.39. The first-order chi connectivity index (χ1) is 23.4. The molecule has 1 aromatic carbocycles. The van der Waals surface area contributed by atoms with Gasteiger partial charge in [-0.25, -0.2) is 14.5 Å². The summed E-state index contributed by atoms with van der Waals surface area (Å²) in [5.41, 5.74) is 8.29. The molecular formula is C38H46N6O4Si. The third kappa shape index (κ3) is 7.40. The van der Waals surface area contributed by atoms with E-state index in [9.17, 15) is 10.1 Å². The van der Waals surface area contributed by atoms with Gasteiger partial charge in [0.15, 0.2) is 0 Å².